The number of ketones is 3. The lowest BCUT2D eigenvalue weighted by atomic mass is 9.64. The van der Waals surface area contributed by atoms with E-state index in [9.17, 15) is 39.6 Å². The van der Waals surface area contributed by atoms with Crippen LogP contribution in [-0.4, -0.2) is 137 Å². The van der Waals surface area contributed by atoms with E-state index in [1.165, 1.54) is 31.4 Å². The standard InChI is InChI=1S/C43H55NO15/c1-18(2)43(52)17-29(34-23(36(43)42(51)53-8)14-24-35(39(34)50)38(49)33-22(37(24)48)10-9-11-27(33)46)57-31-15-25(44(6)7)40(20(4)55-31)59-32-16-28(47)41(21(5)56-32)58-30-13-12-26(45)19(3)54-30/h9-11,14,18-21,25,28-32,36,40-41,46-47,50,52H,12-13,15-17H2,1-8H3. The molecule has 0 saturated carbocycles. The number of Topliss-reactive ketones (excluding diaryl/α,β-unsaturated/α-hetero) is 1. The first kappa shape index (κ1) is 43.3. The van der Waals surface area contributed by atoms with Crippen molar-refractivity contribution < 1.29 is 72.8 Å². The Hall–Kier alpha value is -3.84. The molecule has 2 aromatic rings. The molecule has 4 N–H and O–H groups in total. The molecule has 0 radical (unpaired) electrons. The number of phenolic OH excluding ortho intramolecular Hbond substituents is 2. The monoisotopic (exact) mass is 825 g/mol. The molecule has 13 atom stereocenters. The Labute approximate surface area is 342 Å². The Balaban J connectivity index is 1.15. The Morgan fingerprint density at radius 2 is 1.54 bits per heavy atom. The van der Waals surface area contributed by atoms with Crippen LogP contribution in [0.4, 0.5) is 0 Å². The highest BCUT2D eigenvalue weighted by Gasteiger charge is 2.55. The molecule has 2 aliphatic carbocycles. The first-order valence-electron chi connectivity index (χ1n) is 20.3. The molecule has 5 aliphatic rings. The van der Waals surface area contributed by atoms with Gasteiger partial charge in [0, 0.05) is 54.8 Å². The van der Waals surface area contributed by atoms with Crippen LogP contribution in [-0.2, 0) is 42.7 Å². The molecular weight excluding hydrogens is 770 g/mol. The van der Waals surface area contributed by atoms with Gasteiger partial charge in [-0.1, -0.05) is 26.0 Å². The van der Waals surface area contributed by atoms with Gasteiger partial charge in [-0.3, -0.25) is 19.2 Å². The van der Waals surface area contributed by atoms with Crippen molar-refractivity contribution in [1.82, 2.24) is 4.90 Å². The number of likely N-dealkylation sites (N-methyl/N-ethyl adjacent to an activating group) is 1. The molecule has 3 aliphatic heterocycles. The largest absolute Gasteiger partial charge is 0.507 e. The smallest absolute Gasteiger partial charge is 0.316 e. The molecule has 0 bridgehead atoms. The van der Waals surface area contributed by atoms with Crippen LogP contribution in [0, 0.1) is 5.92 Å². The summed E-state index contributed by atoms with van der Waals surface area (Å²) < 4.78 is 42.8. The zero-order valence-electron chi connectivity index (χ0n) is 34.6. The van der Waals surface area contributed by atoms with Gasteiger partial charge >= 0.3 is 5.97 Å². The molecule has 16 nitrogen and oxygen atoms in total. The molecule has 13 unspecified atom stereocenters. The number of hydrogen-bond donors (Lipinski definition) is 4. The molecule has 0 spiro atoms. The van der Waals surface area contributed by atoms with Gasteiger partial charge < -0.3 is 58.5 Å². The average Bonchev–Trinajstić information content (AvgIpc) is 3.16. The number of phenols is 2. The first-order valence-corrected chi connectivity index (χ1v) is 20.3. The normalized spacial score (nSPS) is 36.0. The molecule has 3 saturated heterocycles. The summed E-state index contributed by atoms with van der Waals surface area (Å²) in [5, 5.41) is 46.2. The molecule has 2 aromatic carbocycles. The van der Waals surface area contributed by atoms with E-state index in [-0.39, 0.29) is 64.5 Å². The predicted octanol–water partition coefficient (Wildman–Crippen LogP) is 3.40. The maximum absolute atomic E-state index is 14.0. The molecule has 7 rings (SSSR count). The number of hydrogen-bond acceptors (Lipinski definition) is 16. The van der Waals surface area contributed by atoms with Gasteiger partial charge in [0.2, 0.25) is 5.78 Å². The van der Waals surface area contributed by atoms with Crippen LogP contribution < -0.4 is 0 Å². The summed E-state index contributed by atoms with van der Waals surface area (Å²) >= 11 is 0. The van der Waals surface area contributed by atoms with E-state index >= 15 is 0 Å². The molecule has 0 aromatic heterocycles. The average molecular weight is 826 g/mol. The number of aliphatic hydroxyl groups is 2. The predicted molar refractivity (Wildman–Crippen MR) is 206 cm³/mol. The van der Waals surface area contributed by atoms with E-state index in [0.29, 0.717) is 12.8 Å². The van der Waals surface area contributed by atoms with Crippen molar-refractivity contribution in [1.29, 1.82) is 0 Å². The molecular formula is C43H55NO15. The van der Waals surface area contributed by atoms with Crippen molar-refractivity contribution in [2.45, 2.75) is 146 Å². The molecule has 16 heteroatoms. The first-order chi connectivity index (χ1) is 27.9. The molecule has 322 valence electrons. The van der Waals surface area contributed by atoms with Gasteiger partial charge in [-0.25, -0.2) is 0 Å². The number of rotatable bonds is 9. The Morgan fingerprint density at radius 3 is 2.17 bits per heavy atom. The third kappa shape index (κ3) is 7.72. The summed E-state index contributed by atoms with van der Waals surface area (Å²) in [6, 6.07) is 5.11. The Bertz CT molecular complexity index is 1970. The number of aromatic hydroxyl groups is 2. The number of carbonyl (C=O) groups is 4. The van der Waals surface area contributed by atoms with Gasteiger partial charge in [0.15, 0.2) is 30.4 Å². The second kappa shape index (κ2) is 16.6. The van der Waals surface area contributed by atoms with Gasteiger partial charge in [0.1, 0.15) is 35.7 Å². The number of methoxy groups -OCH3 is 1. The van der Waals surface area contributed by atoms with Crippen molar-refractivity contribution in [2.75, 3.05) is 21.2 Å². The van der Waals surface area contributed by atoms with E-state index in [4.69, 9.17) is 33.2 Å². The zero-order chi connectivity index (χ0) is 42.8. The lowest BCUT2D eigenvalue weighted by molar-refractivity contribution is -0.324. The third-order valence-corrected chi connectivity index (χ3v) is 12.8. The highest BCUT2D eigenvalue weighted by molar-refractivity contribution is 6.30. The third-order valence-electron chi connectivity index (χ3n) is 12.8. The molecule has 59 heavy (non-hydrogen) atoms. The number of carbonyl (C=O) groups excluding carboxylic acids is 4. The number of aliphatic hydroxyl groups excluding tert-OH is 1. The van der Waals surface area contributed by atoms with Crippen LogP contribution in [0.3, 0.4) is 0 Å². The lowest BCUT2D eigenvalue weighted by Crippen LogP contribution is -2.58. The highest BCUT2D eigenvalue weighted by atomic mass is 16.7. The summed E-state index contributed by atoms with van der Waals surface area (Å²) in [7, 11) is 4.92. The van der Waals surface area contributed by atoms with E-state index in [1.54, 1.807) is 27.7 Å². The number of nitrogens with zero attached hydrogens (tertiary/aromatic N) is 1. The fourth-order valence-electron chi connectivity index (χ4n) is 9.43. The van der Waals surface area contributed by atoms with E-state index < -0.39 is 108 Å². The quantitative estimate of drug-likeness (QED) is 0.227. The second-order valence-corrected chi connectivity index (χ2v) is 17.0. The van der Waals surface area contributed by atoms with E-state index in [2.05, 4.69) is 0 Å². The minimum absolute atomic E-state index is 0.00536. The van der Waals surface area contributed by atoms with Crippen LogP contribution in [0.25, 0.3) is 0 Å². The second-order valence-electron chi connectivity index (χ2n) is 17.0. The van der Waals surface area contributed by atoms with Crippen molar-refractivity contribution >= 4 is 23.3 Å². The van der Waals surface area contributed by atoms with E-state index in [0.717, 1.165) is 0 Å². The SMILES string of the molecule is COC(=O)C1c2cc3c(c(O)c2C(OC2CC(N(C)C)C(OC4CC(O)C(OC5CCC(=O)C(C)O5)C(C)O4)C(C)O2)CC1(O)C(C)C)C(=O)c1c(O)cccc1C3=O. The molecule has 0 amide bonds. The topological polar surface area (TPSA) is 217 Å². The maximum Gasteiger partial charge on any atom is 0.316 e. The van der Waals surface area contributed by atoms with Crippen molar-refractivity contribution in [3.63, 3.8) is 0 Å². The van der Waals surface area contributed by atoms with Crippen molar-refractivity contribution in [3.8, 4) is 11.5 Å². The summed E-state index contributed by atoms with van der Waals surface area (Å²) in [5.41, 5.74) is -2.55. The van der Waals surface area contributed by atoms with Gasteiger partial charge in [-0.2, -0.15) is 0 Å². The highest BCUT2D eigenvalue weighted by Crippen LogP contribution is 2.55. The number of benzene rings is 2. The molecule has 3 fully saturated rings. The Kier molecular flexibility index (Phi) is 12.1. The minimum Gasteiger partial charge on any atom is -0.507 e. The van der Waals surface area contributed by atoms with Gasteiger partial charge in [-0.15, -0.1) is 0 Å². The van der Waals surface area contributed by atoms with Crippen molar-refractivity contribution in [3.05, 3.63) is 57.6 Å². The van der Waals surface area contributed by atoms with Crippen LogP contribution in [0.2, 0.25) is 0 Å². The summed E-state index contributed by atoms with van der Waals surface area (Å²) in [5.74, 6) is -5.18. The van der Waals surface area contributed by atoms with Gasteiger partial charge in [-0.05, 0) is 58.5 Å². The molecule has 3 heterocycles. The van der Waals surface area contributed by atoms with Crippen molar-refractivity contribution in [2.24, 2.45) is 5.92 Å². The summed E-state index contributed by atoms with van der Waals surface area (Å²) in [6.07, 6.45) is -6.78. The van der Waals surface area contributed by atoms with E-state index in [1.807, 2.05) is 25.9 Å². The summed E-state index contributed by atoms with van der Waals surface area (Å²) in [6.45, 7) is 8.73. The fourth-order valence-corrected chi connectivity index (χ4v) is 9.43. The fraction of sp³-hybridized carbons (Fsp3) is 0.628. The maximum atomic E-state index is 14.0. The van der Waals surface area contributed by atoms with Crippen LogP contribution in [0.15, 0.2) is 24.3 Å². The summed E-state index contributed by atoms with van der Waals surface area (Å²) in [4.78, 5) is 55.3. The lowest BCUT2D eigenvalue weighted by Gasteiger charge is -2.49. The minimum atomic E-state index is -1.80. The number of ether oxygens (including phenoxy) is 7. The number of esters is 1. The Morgan fingerprint density at radius 1 is 0.881 bits per heavy atom. The van der Waals surface area contributed by atoms with Crippen LogP contribution >= 0.6 is 0 Å². The zero-order valence-corrected chi connectivity index (χ0v) is 34.6. The van der Waals surface area contributed by atoms with Crippen LogP contribution in [0.1, 0.15) is 122 Å². The van der Waals surface area contributed by atoms with Gasteiger partial charge in [0.25, 0.3) is 0 Å². The van der Waals surface area contributed by atoms with Crippen LogP contribution in [0.5, 0.6) is 11.5 Å². The van der Waals surface area contributed by atoms with Gasteiger partial charge in [0.05, 0.1) is 48.3 Å². The number of fused-ring (bicyclic) bond motifs is 3.